The number of ether oxygens (including phenoxy) is 2. The molecule has 1 aromatic rings. The Morgan fingerprint density at radius 2 is 1.05 bits per heavy atom. The fraction of sp³-hybridized carbons (Fsp3) is 0.429. The van der Waals surface area contributed by atoms with Crippen LogP contribution in [0, 0.1) is 0 Å². The third kappa shape index (κ3) is 5.25. The zero-order valence-electron chi connectivity index (χ0n) is 11.7. The minimum atomic E-state index is -0.752. The monoisotopic (exact) mass is 406 g/mol. The van der Waals surface area contributed by atoms with Crippen LogP contribution in [-0.4, -0.2) is 20.6 Å². The first-order chi connectivity index (χ1) is 9.00. The van der Waals surface area contributed by atoms with Crippen LogP contribution in [0.15, 0.2) is 24.3 Å². The molecule has 0 spiro atoms. The Labute approximate surface area is 135 Å². The zero-order chi connectivity index (χ0) is 15.6. The normalized spacial score (nSPS) is 11.9. The van der Waals surface area contributed by atoms with Gasteiger partial charge in [-0.2, -0.15) is 0 Å². The van der Waals surface area contributed by atoms with E-state index in [-0.39, 0.29) is 0 Å². The highest BCUT2D eigenvalue weighted by Crippen LogP contribution is 2.24. The predicted molar refractivity (Wildman–Crippen MR) is 83.7 cm³/mol. The van der Waals surface area contributed by atoms with Crippen LogP contribution in [0.4, 0.5) is 0 Å². The van der Waals surface area contributed by atoms with E-state index in [9.17, 15) is 9.59 Å². The molecule has 1 rings (SSSR count). The minimum Gasteiger partial charge on any atom is -0.426 e. The summed E-state index contributed by atoms with van der Waals surface area (Å²) in [6.07, 6.45) is 0. The lowest BCUT2D eigenvalue weighted by atomic mass is 10.2. The summed E-state index contributed by atoms with van der Waals surface area (Å²) in [6, 6.07) is 6.28. The van der Waals surface area contributed by atoms with E-state index in [4.69, 9.17) is 9.47 Å². The van der Waals surface area contributed by atoms with Crippen molar-refractivity contribution in [2.24, 2.45) is 0 Å². The Balaban J connectivity index is 2.71. The van der Waals surface area contributed by atoms with Gasteiger partial charge in [0.1, 0.15) is 20.1 Å². The lowest BCUT2D eigenvalue weighted by Gasteiger charge is -2.16. The molecule has 110 valence electrons. The summed E-state index contributed by atoms with van der Waals surface area (Å²) in [7, 11) is 0. The maximum atomic E-state index is 11.7. The molecule has 1 aromatic carbocycles. The van der Waals surface area contributed by atoms with Crippen molar-refractivity contribution >= 4 is 43.8 Å². The van der Waals surface area contributed by atoms with Crippen molar-refractivity contribution in [1.29, 1.82) is 0 Å². The summed E-state index contributed by atoms with van der Waals surface area (Å²) in [5, 5.41) is 0. The van der Waals surface area contributed by atoms with Crippen LogP contribution in [0.2, 0.25) is 0 Å². The molecule has 0 atom stereocenters. The van der Waals surface area contributed by atoms with Gasteiger partial charge in [0.15, 0.2) is 0 Å². The van der Waals surface area contributed by atoms with Gasteiger partial charge < -0.3 is 9.47 Å². The topological polar surface area (TPSA) is 52.6 Å². The molecule has 0 aromatic heterocycles. The van der Waals surface area contributed by atoms with E-state index in [1.807, 2.05) is 0 Å². The second-order valence-corrected chi connectivity index (χ2v) is 9.16. The van der Waals surface area contributed by atoms with E-state index in [2.05, 4.69) is 31.9 Å². The molecule has 0 aliphatic heterocycles. The van der Waals surface area contributed by atoms with Crippen LogP contribution >= 0.6 is 31.9 Å². The number of esters is 2. The molecule has 0 aliphatic carbocycles. The van der Waals surface area contributed by atoms with Crippen molar-refractivity contribution in [3.63, 3.8) is 0 Å². The highest BCUT2D eigenvalue weighted by Gasteiger charge is 2.27. The van der Waals surface area contributed by atoms with E-state index >= 15 is 0 Å². The smallest absolute Gasteiger partial charge is 0.327 e. The predicted octanol–water partition coefficient (Wildman–Crippen LogP) is 3.84. The van der Waals surface area contributed by atoms with Crippen LogP contribution in [0.1, 0.15) is 27.7 Å². The fourth-order valence-electron chi connectivity index (χ4n) is 1.03. The van der Waals surface area contributed by atoms with Crippen molar-refractivity contribution in [2.75, 3.05) is 0 Å². The first-order valence-corrected chi connectivity index (χ1v) is 7.51. The Hall–Kier alpha value is -0.880. The third-order valence-electron chi connectivity index (χ3n) is 2.22. The molecule has 0 heterocycles. The van der Waals surface area contributed by atoms with Crippen LogP contribution in [0.3, 0.4) is 0 Å². The van der Waals surface area contributed by atoms with Crippen LogP contribution < -0.4 is 9.47 Å². The molecule has 6 heteroatoms. The van der Waals surface area contributed by atoms with Crippen molar-refractivity contribution in [2.45, 2.75) is 36.3 Å². The molecule has 0 saturated heterocycles. The van der Waals surface area contributed by atoms with Gasteiger partial charge >= 0.3 is 11.9 Å². The number of rotatable bonds is 4. The standard InChI is InChI=1S/C14H16Br2O4/c1-13(2,15)11(17)19-9-5-7-10(8-6-9)20-12(18)14(3,4)16/h5-8H,1-4H3. The quantitative estimate of drug-likeness (QED) is 0.432. The van der Waals surface area contributed by atoms with E-state index in [1.165, 1.54) is 0 Å². The number of hydrogen-bond donors (Lipinski definition) is 0. The van der Waals surface area contributed by atoms with Crippen molar-refractivity contribution in [3.05, 3.63) is 24.3 Å². The first kappa shape index (κ1) is 17.2. The van der Waals surface area contributed by atoms with E-state index < -0.39 is 20.6 Å². The third-order valence-corrected chi connectivity index (χ3v) is 2.86. The molecule has 0 saturated carbocycles. The zero-order valence-corrected chi connectivity index (χ0v) is 14.9. The largest absolute Gasteiger partial charge is 0.426 e. The van der Waals surface area contributed by atoms with E-state index in [0.29, 0.717) is 11.5 Å². The lowest BCUT2D eigenvalue weighted by molar-refractivity contribution is -0.137. The fourth-order valence-corrected chi connectivity index (χ4v) is 1.19. The molecule has 0 amide bonds. The summed E-state index contributed by atoms with van der Waals surface area (Å²) in [4.78, 5) is 23.3. The second kappa shape index (κ2) is 6.26. The maximum Gasteiger partial charge on any atom is 0.327 e. The highest BCUT2D eigenvalue weighted by atomic mass is 79.9. The second-order valence-electron chi connectivity index (χ2n) is 5.20. The Kier molecular flexibility index (Phi) is 5.38. The number of benzene rings is 1. The number of carbonyl (C=O) groups is 2. The molecular formula is C14H16Br2O4. The molecule has 0 aliphatic rings. The average molecular weight is 408 g/mol. The molecule has 0 bridgehead atoms. The van der Waals surface area contributed by atoms with Crippen molar-refractivity contribution < 1.29 is 19.1 Å². The van der Waals surface area contributed by atoms with Crippen LogP contribution in [0.5, 0.6) is 11.5 Å². The summed E-state index contributed by atoms with van der Waals surface area (Å²) in [5.41, 5.74) is 0. The molecule has 0 unspecified atom stereocenters. The van der Waals surface area contributed by atoms with E-state index in [0.717, 1.165) is 0 Å². The van der Waals surface area contributed by atoms with Crippen LogP contribution in [0.25, 0.3) is 0 Å². The van der Waals surface area contributed by atoms with Gasteiger partial charge in [-0.1, -0.05) is 31.9 Å². The van der Waals surface area contributed by atoms with Gasteiger partial charge in [-0.25, -0.2) is 0 Å². The Morgan fingerprint density at radius 1 is 0.800 bits per heavy atom. The maximum absolute atomic E-state index is 11.7. The summed E-state index contributed by atoms with van der Waals surface area (Å²) in [6.45, 7) is 6.79. The molecule has 0 fully saturated rings. The lowest BCUT2D eigenvalue weighted by Crippen LogP contribution is -2.29. The molecule has 4 nitrogen and oxygen atoms in total. The van der Waals surface area contributed by atoms with Crippen LogP contribution in [-0.2, 0) is 9.59 Å². The minimum absolute atomic E-state index is 0.389. The average Bonchev–Trinajstić information content (AvgIpc) is 2.29. The summed E-state index contributed by atoms with van der Waals surface area (Å²) < 4.78 is 8.84. The van der Waals surface area contributed by atoms with Crippen molar-refractivity contribution in [1.82, 2.24) is 0 Å². The highest BCUT2D eigenvalue weighted by molar-refractivity contribution is 9.10. The number of halogens is 2. The van der Waals surface area contributed by atoms with Gasteiger partial charge in [0.25, 0.3) is 0 Å². The van der Waals surface area contributed by atoms with E-state index in [1.54, 1.807) is 52.0 Å². The molecule has 20 heavy (non-hydrogen) atoms. The number of hydrogen-bond acceptors (Lipinski definition) is 4. The van der Waals surface area contributed by atoms with Gasteiger partial charge in [0.2, 0.25) is 0 Å². The molecule has 0 N–H and O–H groups in total. The molecular weight excluding hydrogens is 392 g/mol. The number of carbonyl (C=O) groups excluding carboxylic acids is 2. The van der Waals surface area contributed by atoms with Crippen molar-refractivity contribution in [3.8, 4) is 11.5 Å². The Bertz CT molecular complexity index is 448. The Morgan fingerprint density at radius 3 is 1.25 bits per heavy atom. The summed E-state index contributed by atoms with van der Waals surface area (Å²) in [5.74, 6) is -0.0199. The van der Waals surface area contributed by atoms with Gasteiger partial charge in [-0.15, -0.1) is 0 Å². The molecule has 0 radical (unpaired) electrons. The van der Waals surface area contributed by atoms with Gasteiger partial charge in [0.05, 0.1) is 0 Å². The SMILES string of the molecule is CC(C)(Br)C(=O)Oc1ccc(OC(=O)C(C)(C)Br)cc1. The number of alkyl halides is 2. The van der Waals surface area contributed by atoms with Gasteiger partial charge in [0, 0.05) is 0 Å². The summed E-state index contributed by atoms with van der Waals surface area (Å²) >= 11 is 6.44. The van der Waals surface area contributed by atoms with Gasteiger partial charge in [-0.05, 0) is 52.0 Å². The first-order valence-electron chi connectivity index (χ1n) is 5.92. The van der Waals surface area contributed by atoms with Gasteiger partial charge in [-0.3, -0.25) is 9.59 Å².